The number of methoxy groups -OCH3 is 1. The Labute approximate surface area is 121 Å². The third-order valence-corrected chi connectivity index (χ3v) is 4.14. The zero-order chi connectivity index (χ0) is 14.4. The van der Waals surface area contributed by atoms with Crippen molar-refractivity contribution in [2.45, 2.75) is 70.4 Å². The molecule has 114 valence electrons. The molecule has 1 aliphatic rings. The molecule has 1 saturated carbocycles. The Bertz CT molecular complexity index is 390. The van der Waals surface area contributed by atoms with Crippen LogP contribution in [0.2, 0.25) is 0 Å². The highest BCUT2D eigenvalue weighted by Gasteiger charge is 2.31. The Morgan fingerprint density at radius 1 is 1.35 bits per heavy atom. The van der Waals surface area contributed by atoms with Gasteiger partial charge in [0, 0.05) is 13.2 Å². The van der Waals surface area contributed by atoms with Gasteiger partial charge in [0.25, 0.3) is 0 Å². The standard InChI is InChI=1S/C15H27N3O2/c1-4-10-16-12-9-7-6-8-11(12)15-17-14(18-20-15)13(5-2)19-3/h11-13,16H,4-10H2,1-3H3. The summed E-state index contributed by atoms with van der Waals surface area (Å²) in [6, 6.07) is 0.472. The van der Waals surface area contributed by atoms with Crippen molar-refractivity contribution >= 4 is 0 Å². The first-order valence-corrected chi connectivity index (χ1v) is 7.89. The number of hydrogen-bond acceptors (Lipinski definition) is 5. The maximum absolute atomic E-state index is 5.52. The number of nitrogens with zero attached hydrogens (tertiary/aromatic N) is 2. The largest absolute Gasteiger partial charge is 0.373 e. The normalized spacial score (nSPS) is 24.8. The van der Waals surface area contributed by atoms with Crippen molar-refractivity contribution < 1.29 is 9.26 Å². The molecule has 3 atom stereocenters. The lowest BCUT2D eigenvalue weighted by molar-refractivity contribution is 0.0903. The second-order valence-corrected chi connectivity index (χ2v) is 5.57. The maximum atomic E-state index is 5.52. The van der Waals surface area contributed by atoms with E-state index in [-0.39, 0.29) is 6.10 Å². The summed E-state index contributed by atoms with van der Waals surface area (Å²) >= 11 is 0. The summed E-state index contributed by atoms with van der Waals surface area (Å²) < 4.78 is 10.9. The van der Waals surface area contributed by atoms with E-state index in [1.165, 1.54) is 19.3 Å². The Morgan fingerprint density at radius 3 is 2.85 bits per heavy atom. The average Bonchev–Trinajstić information content (AvgIpc) is 2.96. The van der Waals surface area contributed by atoms with Gasteiger partial charge >= 0.3 is 0 Å². The molecule has 0 spiro atoms. The first-order chi connectivity index (χ1) is 9.80. The van der Waals surface area contributed by atoms with Crippen molar-refractivity contribution in [2.75, 3.05) is 13.7 Å². The molecule has 2 rings (SSSR count). The minimum atomic E-state index is -0.0573. The van der Waals surface area contributed by atoms with Crippen LogP contribution in [0.3, 0.4) is 0 Å². The van der Waals surface area contributed by atoms with Crippen molar-refractivity contribution in [3.63, 3.8) is 0 Å². The summed E-state index contributed by atoms with van der Waals surface area (Å²) in [5.41, 5.74) is 0. The van der Waals surface area contributed by atoms with E-state index in [0.29, 0.717) is 17.8 Å². The van der Waals surface area contributed by atoms with Gasteiger partial charge in [0.2, 0.25) is 11.7 Å². The summed E-state index contributed by atoms with van der Waals surface area (Å²) in [5.74, 6) is 1.82. The van der Waals surface area contributed by atoms with E-state index in [0.717, 1.165) is 31.7 Å². The number of hydrogen-bond donors (Lipinski definition) is 1. The molecule has 1 heterocycles. The van der Waals surface area contributed by atoms with E-state index in [4.69, 9.17) is 9.26 Å². The molecule has 1 aliphatic carbocycles. The Balaban J connectivity index is 2.07. The number of rotatable bonds is 7. The molecule has 5 nitrogen and oxygen atoms in total. The predicted molar refractivity (Wildman–Crippen MR) is 77.6 cm³/mol. The molecule has 1 fully saturated rings. The Morgan fingerprint density at radius 2 is 2.15 bits per heavy atom. The van der Waals surface area contributed by atoms with Crippen molar-refractivity contribution in [2.24, 2.45) is 0 Å². The molecule has 0 aliphatic heterocycles. The summed E-state index contributed by atoms with van der Waals surface area (Å²) in [7, 11) is 1.69. The smallest absolute Gasteiger partial charge is 0.231 e. The first kappa shape index (κ1) is 15.4. The third kappa shape index (κ3) is 3.58. The molecule has 0 saturated heterocycles. The van der Waals surface area contributed by atoms with Crippen LogP contribution in [0.4, 0.5) is 0 Å². The minimum absolute atomic E-state index is 0.0573. The molecular formula is C15H27N3O2. The summed E-state index contributed by atoms with van der Waals surface area (Å²) in [5, 5.41) is 7.74. The van der Waals surface area contributed by atoms with Crippen molar-refractivity contribution in [3.05, 3.63) is 11.7 Å². The van der Waals surface area contributed by atoms with E-state index in [1.54, 1.807) is 7.11 Å². The van der Waals surface area contributed by atoms with Crippen molar-refractivity contribution in [3.8, 4) is 0 Å². The molecule has 3 unspecified atom stereocenters. The van der Waals surface area contributed by atoms with Crippen LogP contribution in [0.5, 0.6) is 0 Å². The van der Waals surface area contributed by atoms with E-state index in [2.05, 4.69) is 29.3 Å². The quantitative estimate of drug-likeness (QED) is 0.831. The minimum Gasteiger partial charge on any atom is -0.373 e. The van der Waals surface area contributed by atoms with Gasteiger partial charge in [0.05, 0.1) is 5.92 Å². The fourth-order valence-electron chi connectivity index (χ4n) is 2.98. The first-order valence-electron chi connectivity index (χ1n) is 7.89. The molecule has 0 amide bonds. The lowest BCUT2D eigenvalue weighted by Crippen LogP contribution is -2.37. The van der Waals surface area contributed by atoms with Gasteiger partial charge < -0.3 is 14.6 Å². The van der Waals surface area contributed by atoms with Crippen LogP contribution in [0.1, 0.15) is 76.1 Å². The SMILES string of the molecule is CCCNC1CCCCC1c1nc(C(CC)OC)no1. The fraction of sp³-hybridized carbons (Fsp3) is 0.867. The Hall–Kier alpha value is -0.940. The van der Waals surface area contributed by atoms with E-state index < -0.39 is 0 Å². The van der Waals surface area contributed by atoms with Crippen LogP contribution in [-0.2, 0) is 4.74 Å². The van der Waals surface area contributed by atoms with Crippen LogP contribution in [0.25, 0.3) is 0 Å². The number of ether oxygens (including phenoxy) is 1. The van der Waals surface area contributed by atoms with Gasteiger partial charge in [-0.05, 0) is 32.2 Å². The third-order valence-electron chi connectivity index (χ3n) is 4.14. The van der Waals surface area contributed by atoms with Gasteiger partial charge in [-0.15, -0.1) is 0 Å². The van der Waals surface area contributed by atoms with Gasteiger partial charge in [0.15, 0.2) is 0 Å². The number of aromatic nitrogens is 2. The van der Waals surface area contributed by atoms with Gasteiger partial charge in [-0.2, -0.15) is 4.98 Å². The zero-order valence-corrected chi connectivity index (χ0v) is 12.9. The summed E-state index contributed by atoms with van der Waals surface area (Å²) in [6.45, 7) is 5.31. The fourth-order valence-corrected chi connectivity index (χ4v) is 2.98. The van der Waals surface area contributed by atoms with Gasteiger partial charge in [0.1, 0.15) is 6.10 Å². The molecule has 20 heavy (non-hydrogen) atoms. The molecule has 0 bridgehead atoms. The molecule has 5 heteroatoms. The summed E-state index contributed by atoms with van der Waals surface area (Å²) in [4.78, 5) is 4.59. The Kier molecular flexibility index (Phi) is 5.98. The molecule has 0 aromatic carbocycles. The van der Waals surface area contributed by atoms with E-state index >= 15 is 0 Å². The second kappa shape index (κ2) is 7.74. The highest BCUT2D eigenvalue weighted by Crippen LogP contribution is 2.33. The van der Waals surface area contributed by atoms with Gasteiger partial charge in [-0.3, -0.25) is 0 Å². The van der Waals surface area contributed by atoms with Gasteiger partial charge in [-0.25, -0.2) is 0 Å². The van der Waals surface area contributed by atoms with Crippen LogP contribution < -0.4 is 5.32 Å². The van der Waals surface area contributed by atoms with Crippen LogP contribution in [0.15, 0.2) is 4.52 Å². The van der Waals surface area contributed by atoms with Crippen LogP contribution in [-0.4, -0.2) is 29.8 Å². The van der Waals surface area contributed by atoms with Crippen LogP contribution >= 0.6 is 0 Å². The van der Waals surface area contributed by atoms with Gasteiger partial charge in [-0.1, -0.05) is 31.8 Å². The molecule has 1 aromatic rings. The average molecular weight is 281 g/mol. The topological polar surface area (TPSA) is 60.2 Å². The predicted octanol–water partition coefficient (Wildman–Crippen LogP) is 3.19. The second-order valence-electron chi connectivity index (χ2n) is 5.57. The highest BCUT2D eigenvalue weighted by molar-refractivity contribution is 5.02. The summed E-state index contributed by atoms with van der Waals surface area (Å²) in [6.07, 6.45) is 6.81. The maximum Gasteiger partial charge on any atom is 0.231 e. The van der Waals surface area contributed by atoms with Crippen molar-refractivity contribution in [1.82, 2.24) is 15.5 Å². The lowest BCUT2D eigenvalue weighted by atomic mass is 9.84. The van der Waals surface area contributed by atoms with Crippen LogP contribution in [0, 0.1) is 0 Å². The van der Waals surface area contributed by atoms with E-state index in [1.807, 2.05) is 0 Å². The highest BCUT2D eigenvalue weighted by atomic mass is 16.5. The van der Waals surface area contributed by atoms with Crippen molar-refractivity contribution in [1.29, 1.82) is 0 Å². The molecule has 1 N–H and O–H groups in total. The zero-order valence-electron chi connectivity index (χ0n) is 12.9. The molecular weight excluding hydrogens is 254 g/mol. The lowest BCUT2D eigenvalue weighted by Gasteiger charge is -2.29. The van der Waals surface area contributed by atoms with E-state index in [9.17, 15) is 0 Å². The monoisotopic (exact) mass is 281 g/mol. The number of nitrogens with one attached hydrogen (secondary N) is 1. The molecule has 1 aromatic heterocycles. The molecule has 0 radical (unpaired) electrons.